The van der Waals surface area contributed by atoms with Gasteiger partial charge >= 0.3 is 11.9 Å². The van der Waals surface area contributed by atoms with E-state index in [9.17, 15) is 9.59 Å². The Morgan fingerprint density at radius 1 is 1.35 bits per heavy atom. The first kappa shape index (κ1) is 17.3. The minimum Gasteiger partial charge on any atom is -0.480 e. The van der Waals surface area contributed by atoms with Crippen molar-refractivity contribution in [1.29, 1.82) is 0 Å². The van der Waals surface area contributed by atoms with Gasteiger partial charge in [0.15, 0.2) is 5.96 Å². The van der Waals surface area contributed by atoms with Gasteiger partial charge in [-0.2, -0.15) is 0 Å². The molecule has 0 saturated heterocycles. The van der Waals surface area contributed by atoms with E-state index in [1.165, 1.54) is 0 Å². The van der Waals surface area contributed by atoms with Crippen molar-refractivity contribution in [2.45, 2.75) is 18.9 Å². The Morgan fingerprint density at radius 3 is 2.12 bits per heavy atom. The van der Waals surface area contributed by atoms with E-state index < -0.39 is 18.0 Å². The fourth-order valence-electron chi connectivity index (χ4n) is 0.643. The molecule has 8 heteroatoms. The third-order valence-corrected chi connectivity index (χ3v) is 1.46. The van der Waals surface area contributed by atoms with Crippen LogP contribution in [0.1, 0.15) is 12.8 Å². The van der Waals surface area contributed by atoms with Gasteiger partial charge in [0.2, 0.25) is 0 Å². The molecule has 0 saturated carbocycles. The van der Waals surface area contributed by atoms with Crippen LogP contribution in [-0.4, -0.2) is 40.7 Å². The normalized spacial score (nSPS) is 10.4. The molecule has 98 valence electrons. The molecular formula is C9H18N4O4. The lowest BCUT2D eigenvalue weighted by atomic mass is 10.2. The number of carbonyl (C=O) groups is 2. The maximum atomic E-state index is 10.2. The number of hydrogen-bond acceptors (Lipinski definition) is 4. The SMILES string of the molecule is C=CC(=O)O.NC(N)=NCCCC(N)C(=O)O. The van der Waals surface area contributed by atoms with Crippen LogP contribution >= 0.6 is 0 Å². The van der Waals surface area contributed by atoms with Crippen LogP contribution < -0.4 is 17.2 Å². The third-order valence-electron chi connectivity index (χ3n) is 1.46. The van der Waals surface area contributed by atoms with Gasteiger partial charge in [-0.05, 0) is 12.8 Å². The van der Waals surface area contributed by atoms with E-state index in [-0.39, 0.29) is 5.96 Å². The Balaban J connectivity index is 0. The summed E-state index contributed by atoms with van der Waals surface area (Å²) >= 11 is 0. The maximum absolute atomic E-state index is 10.2. The maximum Gasteiger partial charge on any atom is 0.327 e. The van der Waals surface area contributed by atoms with Crippen molar-refractivity contribution in [3.63, 3.8) is 0 Å². The van der Waals surface area contributed by atoms with E-state index >= 15 is 0 Å². The summed E-state index contributed by atoms with van der Waals surface area (Å²) in [5, 5.41) is 16.0. The van der Waals surface area contributed by atoms with Crippen molar-refractivity contribution in [2.75, 3.05) is 6.54 Å². The fraction of sp³-hybridized carbons (Fsp3) is 0.444. The first-order valence-corrected chi connectivity index (χ1v) is 4.70. The number of nitrogens with two attached hydrogens (primary N) is 3. The Morgan fingerprint density at radius 2 is 1.82 bits per heavy atom. The summed E-state index contributed by atoms with van der Waals surface area (Å²) in [6, 6.07) is -0.820. The first-order valence-electron chi connectivity index (χ1n) is 4.70. The highest BCUT2D eigenvalue weighted by atomic mass is 16.4. The molecule has 0 aromatic heterocycles. The minimum absolute atomic E-state index is 0.0129. The predicted molar refractivity (Wildman–Crippen MR) is 63.4 cm³/mol. The number of aliphatic imine (C=N–C) groups is 1. The van der Waals surface area contributed by atoms with Crippen LogP contribution in [0, 0.1) is 0 Å². The molecule has 0 aliphatic rings. The first-order chi connectivity index (χ1) is 7.81. The summed E-state index contributed by atoms with van der Waals surface area (Å²) in [6.45, 7) is 3.38. The summed E-state index contributed by atoms with van der Waals surface area (Å²) in [4.78, 5) is 23.1. The van der Waals surface area contributed by atoms with Gasteiger partial charge in [-0.1, -0.05) is 6.58 Å². The summed E-state index contributed by atoms with van der Waals surface area (Å²) in [6.07, 6.45) is 1.79. The van der Waals surface area contributed by atoms with Gasteiger partial charge in [0.25, 0.3) is 0 Å². The van der Waals surface area contributed by atoms with E-state index in [0.717, 1.165) is 6.08 Å². The zero-order chi connectivity index (χ0) is 13.8. The topological polar surface area (TPSA) is 165 Å². The average Bonchev–Trinajstić information content (AvgIpc) is 2.24. The molecule has 17 heavy (non-hydrogen) atoms. The Bertz CT molecular complexity index is 287. The van der Waals surface area contributed by atoms with Crippen LogP contribution in [-0.2, 0) is 9.59 Å². The van der Waals surface area contributed by atoms with Gasteiger partial charge in [0, 0.05) is 12.6 Å². The standard InChI is InChI=1S/C6H14N4O2.C3H4O2/c7-4(5(11)12)2-1-3-10-6(8)9;1-2-3(4)5/h4H,1-3,7H2,(H,11,12)(H4,8,9,10);2H,1H2,(H,4,5). The number of aliphatic carboxylic acids is 2. The number of carboxylic acids is 2. The molecule has 0 fully saturated rings. The van der Waals surface area contributed by atoms with E-state index in [4.69, 9.17) is 27.4 Å². The number of hydrogen-bond donors (Lipinski definition) is 5. The lowest BCUT2D eigenvalue weighted by molar-refractivity contribution is -0.138. The minimum atomic E-state index is -1.00. The Hall–Kier alpha value is -2.09. The number of rotatable bonds is 6. The second-order valence-corrected chi connectivity index (χ2v) is 2.94. The van der Waals surface area contributed by atoms with E-state index in [1.54, 1.807) is 0 Å². The van der Waals surface area contributed by atoms with Gasteiger partial charge in [-0.15, -0.1) is 0 Å². The van der Waals surface area contributed by atoms with Crippen molar-refractivity contribution >= 4 is 17.9 Å². The molecule has 0 aromatic carbocycles. The van der Waals surface area contributed by atoms with Crippen LogP contribution in [0.2, 0.25) is 0 Å². The quantitative estimate of drug-likeness (QED) is 0.168. The van der Waals surface area contributed by atoms with E-state index in [1.807, 2.05) is 0 Å². The number of nitrogens with zero attached hydrogens (tertiary/aromatic N) is 1. The molecule has 0 bridgehead atoms. The average molecular weight is 246 g/mol. The summed E-state index contributed by atoms with van der Waals surface area (Å²) in [5.41, 5.74) is 15.3. The lowest BCUT2D eigenvalue weighted by Crippen LogP contribution is -2.30. The second-order valence-electron chi connectivity index (χ2n) is 2.94. The summed E-state index contributed by atoms with van der Waals surface area (Å²) < 4.78 is 0. The molecule has 0 amide bonds. The zero-order valence-corrected chi connectivity index (χ0v) is 9.37. The Kier molecular flexibility index (Phi) is 10.6. The molecule has 0 rings (SSSR count). The lowest BCUT2D eigenvalue weighted by Gasteiger charge is -2.03. The van der Waals surface area contributed by atoms with Crippen LogP contribution in [0.4, 0.5) is 0 Å². The number of guanidine groups is 1. The summed E-state index contributed by atoms with van der Waals surface area (Å²) in [5.74, 6) is -1.97. The van der Waals surface area contributed by atoms with Crippen LogP contribution in [0.15, 0.2) is 17.6 Å². The Labute approximate surface area is 98.8 Å². The van der Waals surface area contributed by atoms with Gasteiger partial charge < -0.3 is 27.4 Å². The molecule has 0 aliphatic carbocycles. The van der Waals surface area contributed by atoms with Gasteiger partial charge in [0.05, 0.1) is 0 Å². The smallest absolute Gasteiger partial charge is 0.327 e. The highest BCUT2D eigenvalue weighted by molar-refractivity contribution is 5.78. The van der Waals surface area contributed by atoms with Crippen LogP contribution in [0.3, 0.4) is 0 Å². The molecule has 8 N–H and O–H groups in total. The van der Waals surface area contributed by atoms with Crippen molar-refractivity contribution in [3.05, 3.63) is 12.7 Å². The van der Waals surface area contributed by atoms with Crippen molar-refractivity contribution in [1.82, 2.24) is 0 Å². The molecule has 0 radical (unpaired) electrons. The molecule has 0 spiro atoms. The molecular weight excluding hydrogens is 228 g/mol. The highest BCUT2D eigenvalue weighted by Gasteiger charge is 2.09. The highest BCUT2D eigenvalue weighted by Crippen LogP contribution is 1.94. The molecule has 0 aromatic rings. The largest absolute Gasteiger partial charge is 0.480 e. The van der Waals surface area contributed by atoms with Crippen molar-refractivity contribution < 1.29 is 19.8 Å². The van der Waals surface area contributed by atoms with Crippen LogP contribution in [0.5, 0.6) is 0 Å². The van der Waals surface area contributed by atoms with Gasteiger partial charge in [0.1, 0.15) is 6.04 Å². The zero-order valence-electron chi connectivity index (χ0n) is 9.37. The molecule has 0 aliphatic heterocycles. The third kappa shape index (κ3) is 16.6. The molecule has 8 nitrogen and oxygen atoms in total. The predicted octanol–water partition coefficient (Wildman–Crippen LogP) is -1.29. The monoisotopic (exact) mass is 246 g/mol. The molecule has 1 unspecified atom stereocenters. The number of carboxylic acid groups (broad SMARTS) is 2. The van der Waals surface area contributed by atoms with Crippen LogP contribution in [0.25, 0.3) is 0 Å². The second kappa shape index (κ2) is 10.4. The van der Waals surface area contributed by atoms with E-state index in [2.05, 4.69) is 11.6 Å². The summed E-state index contributed by atoms with van der Waals surface area (Å²) in [7, 11) is 0. The fourth-order valence-corrected chi connectivity index (χ4v) is 0.643. The van der Waals surface area contributed by atoms with Gasteiger partial charge in [-0.25, -0.2) is 4.79 Å². The molecule has 0 heterocycles. The molecule has 1 atom stereocenters. The van der Waals surface area contributed by atoms with Crippen molar-refractivity contribution in [3.8, 4) is 0 Å². The van der Waals surface area contributed by atoms with E-state index in [0.29, 0.717) is 19.4 Å². The van der Waals surface area contributed by atoms with Gasteiger partial charge in [-0.3, -0.25) is 9.79 Å². The van der Waals surface area contributed by atoms with Crippen molar-refractivity contribution in [2.24, 2.45) is 22.2 Å².